The number of para-hydroxylation sites is 1. The van der Waals surface area contributed by atoms with Crippen molar-refractivity contribution < 1.29 is 19.1 Å². The van der Waals surface area contributed by atoms with Crippen LogP contribution in [0.4, 0.5) is 5.69 Å². The maximum Gasteiger partial charge on any atom is 0.342 e. The molecule has 0 saturated carbocycles. The van der Waals surface area contributed by atoms with Crippen LogP contribution in [-0.4, -0.2) is 27.5 Å². The van der Waals surface area contributed by atoms with E-state index in [9.17, 15) is 9.59 Å². The summed E-state index contributed by atoms with van der Waals surface area (Å²) in [7, 11) is 1.73. The molecule has 7 nitrogen and oxygen atoms in total. The van der Waals surface area contributed by atoms with Crippen molar-refractivity contribution in [3.63, 3.8) is 0 Å². The van der Waals surface area contributed by atoms with Crippen LogP contribution < -0.4 is 10.1 Å². The number of ether oxygens (including phenoxy) is 2. The number of fused-ring (bicyclic) bond motifs is 1. The third-order valence-electron chi connectivity index (χ3n) is 3.52. The first-order valence-electron chi connectivity index (χ1n) is 6.91. The molecule has 0 unspecified atom stereocenters. The number of imidazole rings is 1. The van der Waals surface area contributed by atoms with Crippen LogP contribution in [0.5, 0.6) is 5.75 Å². The van der Waals surface area contributed by atoms with Gasteiger partial charge in [-0.05, 0) is 19.1 Å². The van der Waals surface area contributed by atoms with Crippen LogP contribution in [0, 0.1) is 0 Å². The second kappa shape index (κ2) is 5.92. The van der Waals surface area contributed by atoms with Crippen molar-refractivity contribution in [3.05, 3.63) is 40.9 Å². The number of esters is 1. The molecule has 1 atom stereocenters. The Morgan fingerprint density at radius 1 is 1.52 bits per heavy atom. The molecule has 0 bridgehead atoms. The fourth-order valence-corrected chi connectivity index (χ4v) is 2.30. The number of aromatic nitrogens is 2. The van der Waals surface area contributed by atoms with Gasteiger partial charge in [0.1, 0.15) is 23.1 Å². The molecule has 0 radical (unpaired) electrons. The maximum absolute atomic E-state index is 12.3. The first-order chi connectivity index (χ1) is 11.0. The van der Waals surface area contributed by atoms with Crippen LogP contribution in [0.3, 0.4) is 0 Å². The van der Waals surface area contributed by atoms with Gasteiger partial charge >= 0.3 is 5.97 Å². The minimum absolute atomic E-state index is 0.0202. The number of halogens is 1. The Hall–Kier alpha value is -2.54. The van der Waals surface area contributed by atoms with E-state index in [0.29, 0.717) is 22.4 Å². The largest absolute Gasteiger partial charge is 0.478 e. The summed E-state index contributed by atoms with van der Waals surface area (Å²) in [5.74, 6) is 0.00759. The van der Waals surface area contributed by atoms with Gasteiger partial charge in [-0.15, -0.1) is 0 Å². The highest BCUT2D eigenvalue weighted by molar-refractivity contribution is 6.29. The van der Waals surface area contributed by atoms with Crippen molar-refractivity contribution in [2.24, 2.45) is 7.05 Å². The summed E-state index contributed by atoms with van der Waals surface area (Å²) in [4.78, 5) is 28.0. The highest BCUT2D eigenvalue weighted by atomic mass is 35.5. The number of amides is 1. The molecule has 23 heavy (non-hydrogen) atoms. The molecule has 3 rings (SSSR count). The Morgan fingerprint density at radius 3 is 3.00 bits per heavy atom. The van der Waals surface area contributed by atoms with E-state index in [-0.39, 0.29) is 18.1 Å². The first kappa shape index (κ1) is 15.4. The summed E-state index contributed by atoms with van der Waals surface area (Å²) in [6, 6.07) is 4.89. The first-order valence-corrected chi connectivity index (χ1v) is 7.29. The minimum Gasteiger partial charge on any atom is -0.478 e. The molecule has 1 aliphatic rings. The normalized spacial score (nSPS) is 16.3. The van der Waals surface area contributed by atoms with Crippen LogP contribution in [0.1, 0.15) is 23.1 Å². The smallest absolute Gasteiger partial charge is 0.342 e. The summed E-state index contributed by atoms with van der Waals surface area (Å²) in [6.07, 6.45) is 0.805. The standard InChI is InChI=1S/C15H14ClN3O4/c1-8-14(20)18-10-5-3-4-9(13(10)23-8)15(21)22-7-12-17-6-11(16)19(12)2/h3-6,8H,7H2,1-2H3,(H,18,20)/t8-/m0/s1. The molecule has 2 heterocycles. The summed E-state index contributed by atoms with van der Waals surface area (Å²) in [6.45, 7) is 1.59. The lowest BCUT2D eigenvalue weighted by Crippen LogP contribution is -2.35. The van der Waals surface area contributed by atoms with Crippen LogP contribution in [-0.2, 0) is 23.2 Å². The van der Waals surface area contributed by atoms with Crippen molar-refractivity contribution in [2.45, 2.75) is 19.6 Å². The van der Waals surface area contributed by atoms with Gasteiger partial charge in [0.25, 0.3) is 5.91 Å². The van der Waals surface area contributed by atoms with E-state index in [1.165, 1.54) is 6.20 Å². The second-order valence-corrected chi connectivity index (χ2v) is 5.45. The summed E-state index contributed by atoms with van der Waals surface area (Å²) in [5.41, 5.74) is 0.692. The van der Waals surface area contributed by atoms with Crippen LogP contribution >= 0.6 is 11.6 Å². The Balaban J connectivity index is 1.79. The highest BCUT2D eigenvalue weighted by Crippen LogP contribution is 2.33. The number of hydrogen-bond acceptors (Lipinski definition) is 5. The molecule has 0 fully saturated rings. The van der Waals surface area contributed by atoms with Crippen molar-refractivity contribution in [1.82, 2.24) is 9.55 Å². The van der Waals surface area contributed by atoms with Crippen LogP contribution in [0.25, 0.3) is 0 Å². The number of nitrogens with zero attached hydrogens (tertiary/aromatic N) is 2. The lowest BCUT2D eigenvalue weighted by atomic mass is 10.1. The number of benzene rings is 1. The fraction of sp³-hybridized carbons (Fsp3) is 0.267. The third kappa shape index (κ3) is 2.87. The van der Waals surface area contributed by atoms with E-state index in [1.54, 1.807) is 36.7 Å². The molecule has 120 valence electrons. The van der Waals surface area contributed by atoms with Gasteiger partial charge in [0, 0.05) is 7.05 Å². The summed E-state index contributed by atoms with van der Waals surface area (Å²) < 4.78 is 12.4. The molecule has 1 aliphatic heterocycles. The molecule has 0 spiro atoms. The number of carbonyl (C=O) groups is 2. The summed E-state index contributed by atoms with van der Waals surface area (Å²) >= 11 is 5.89. The molecular weight excluding hydrogens is 322 g/mol. The van der Waals surface area contributed by atoms with Gasteiger partial charge in [0.15, 0.2) is 11.9 Å². The molecule has 8 heteroatoms. The van der Waals surface area contributed by atoms with Gasteiger partial charge in [-0.3, -0.25) is 4.79 Å². The van der Waals surface area contributed by atoms with Gasteiger partial charge in [-0.25, -0.2) is 9.78 Å². The molecule has 1 aromatic carbocycles. The third-order valence-corrected chi connectivity index (χ3v) is 3.87. The predicted molar refractivity (Wildman–Crippen MR) is 82.5 cm³/mol. The number of hydrogen-bond donors (Lipinski definition) is 1. The number of nitrogens with one attached hydrogen (secondary N) is 1. The lowest BCUT2D eigenvalue weighted by molar-refractivity contribution is -0.122. The van der Waals surface area contributed by atoms with Gasteiger partial charge in [0.05, 0.1) is 11.9 Å². The van der Waals surface area contributed by atoms with Gasteiger partial charge < -0.3 is 19.4 Å². The van der Waals surface area contributed by atoms with E-state index in [2.05, 4.69) is 10.3 Å². The van der Waals surface area contributed by atoms with Crippen LogP contribution in [0.2, 0.25) is 5.15 Å². The van der Waals surface area contributed by atoms with E-state index < -0.39 is 12.1 Å². The second-order valence-electron chi connectivity index (χ2n) is 5.06. The van der Waals surface area contributed by atoms with Crippen molar-refractivity contribution in [2.75, 3.05) is 5.32 Å². The van der Waals surface area contributed by atoms with E-state index in [1.807, 2.05) is 0 Å². The molecule has 1 aromatic heterocycles. The van der Waals surface area contributed by atoms with E-state index in [0.717, 1.165) is 0 Å². The summed E-state index contributed by atoms with van der Waals surface area (Å²) in [5, 5.41) is 3.14. The van der Waals surface area contributed by atoms with Crippen molar-refractivity contribution in [1.29, 1.82) is 0 Å². The average Bonchev–Trinajstić information content (AvgIpc) is 2.85. The molecule has 1 amide bonds. The van der Waals surface area contributed by atoms with Crippen LogP contribution in [0.15, 0.2) is 24.4 Å². The number of anilines is 1. The van der Waals surface area contributed by atoms with Gasteiger partial charge in [-0.2, -0.15) is 0 Å². The Morgan fingerprint density at radius 2 is 2.30 bits per heavy atom. The average molecular weight is 336 g/mol. The highest BCUT2D eigenvalue weighted by Gasteiger charge is 2.28. The number of carbonyl (C=O) groups excluding carboxylic acids is 2. The molecule has 0 aliphatic carbocycles. The quantitative estimate of drug-likeness (QED) is 0.869. The topological polar surface area (TPSA) is 82.4 Å². The lowest BCUT2D eigenvalue weighted by Gasteiger charge is -2.24. The Kier molecular flexibility index (Phi) is 3.96. The van der Waals surface area contributed by atoms with Gasteiger partial charge in [0.2, 0.25) is 0 Å². The number of rotatable bonds is 3. The minimum atomic E-state index is -0.676. The zero-order valence-electron chi connectivity index (χ0n) is 12.5. The molecule has 1 N–H and O–H groups in total. The zero-order valence-corrected chi connectivity index (χ0v) is 13.3. The van der Waals surface area contributed by atoms with Gasteiger partial charge in [-0.1, -0.05) is 17.7 Å². The Labute approximate surface area is 137 Å². The zero-order chi connectivity index (χ0) is 16.6. The molecule has 0 saturated heterocycles. The maximum atomic E-state index is 12.3. The predicted octanol–water partition coefficient (Wildman–Crippen LogP) is 2.15. The van der Waals surface area contributed by atoms with Crippen molar-refractivity contribution in [3.8, 4) is 5.75 Å². The Bertz CT molecular complexity index is 787. The van der Waals surface area contributed by atoms with E-state index in [4.69, 9.17) is 21.1 Å². The fourth-order valence-electron chi connectivity index (χ4n) is 2.15. The molecular formula is C15H14ClN3O4. The van der Waals surface area contributed by atoms with Crippen molar-refractivity contribution >= 4 is 29.2 Å². The van der Waals surface area contributed by atoms with E-state index >= 15 is 0 Å². The monoisotopic (exact) mass is 335 g/mol. The SMILES string of the molecule is C[C@@H]1Oc2c(cccc2C(=O)OCc2ncc(Cl)n2C)NC1=O. The molecule has 2 aromatic rings.